The van der Waals surface area contributed by atoms with E-state index in [4.69, 9.17) is 0 Å². The van der Waals surface area contributed by atoms with Crippen molar-refractivity contribution in [3.8, 4) is 11.1 Å². The van der Waals surface area contributed by atoms with Gasteiger partial charge in [0.05, 0.1) is 17.4 Å². The summed E-state index contributed by atoms with van der Waals surface area (Å²) >= 11 is 0. The highest BCUT2D eigenvalue weighted by molar-refractivity contribution is 5.93. The Bertz CT molecular complexity index is 1240. The number of benzene rings is 1. The number of pyridine rings is 1. The number of aryl methyl sites for hydroxylation is 2. The number of nitrogens with one attached hydrogen (secondary N) is 2. The molecule has 7 nitrogen and oxygen atoms in total. The second-order valence-corrected chi connectivity index (χ2v) is 10.1. The first-order valence-corrected chi connectivity index (χ1v) is 12.4. The second kappa shape index (κ2) is 9.20. The van der Waals surface area contributed by atoms with Crippen LogP contribution in [-0.2, 0) is 16.1 Å². The summed E-state index contributed by atoms with van der Waals surface area (Å²) in [4.78, 5) is 33.6. The average molecular weight is 460 g/mol. The Labute approximate surface area is 200 Å². The maximum atomic E-state index is 13.0. The molecule has 0 bridgehead atoms. The third kappa shape index (κ3) is 4.83. The summed E-state index contributed by atoms with van der Waals surface area (Å²) in [6.07, 6.45) is 9.76. The Morgan fingerprint density at radius 3 is 2.65 bits per heavy atom. The Hall–Kier alpha value is -3.22. The monoisotopic (exact) mass is 459 g/mol. The van der Waals surface area contributed by atoms with Crippen LogP contribution >= 0.6 is 0 Å². The van der Waals surface area contributed by atoms with Crippen molar-refractivity contribution in [2.75, 3.05) is 5.32 Å². The fourth-order valence-corrected chi connectivity index (χ4v) is 5.19. The van der Waals surface area contributed by atoms with Crippen molar-refractivity contribution in [1.29, 1.82) is 0 Å². The van der Waals surface area contributed by atoms with E-state index in [0.717, 1.165) is 65.0 Å². The molecule has 2 amide bonds. The van der Waals surface area contributed by atoms with Gasteiger partial charge in [-0.25, -0.2) is 9.97 Å². The van der Waals surface area contributed by atoms with E-state index in [1.54, 1.807) is 0 Å². The van der Waals surface area contributed by atoms with Gasteiger partial charge in [0, 0.05) is 31.6 Å². The first-order chi connectivity index (χ1) is 16.4. The Balaban J connectivity index is 1.38. The molecule has 3 aromatic rings. The van der Waals surface area contributed by atoms with Gasteiger partial charge in [-0.1, -0.05) is 6.42 Å². The molecular formula is C27H33N5O2. The van der Waals surface area contributed by atoms with Gasteiger partial charge in [0.1, 0.15) is 5.82 Å². The van der Waals surface area contributed by atoms with Crippen LogP contribution in [0.4, 0.5) is 5.82 Å². The largest absolute Gasteiger partial charge is 0.354 e. The predicted octanol–water partition coefficient (Wildman–Crippen LogP) is 4.76. The lowest BCUT2D eigenvalue weighted by atomic mass is 9.85. The number of anilines is 1. The molecule has 0 spiro atoms. The first-order valence-electron chi connectivity index (χ1n) is 12.4. The number of amides is 2. The van der Waals surface area contributed by atoms with Gasteiger partial charge in [0.2, 0.25) is 11.8 Å². The van der Waals surface area contributed by atoms with Gasteiger partial charge < -0.3 is 15.2 Å². The summed E-state index contributed by atoms with van der Waals surface area (Å²) in [5.74, 6) is 1.16. The zero-order valence-corrected chi connectivity index (χ0v) is 20.2. The molecule has 2 aliphatic rings. The van der Waals surface area contributed by atoms with Gasteiger partial charge in [-0.15, -0.1) is 0 Å². The summed E-state index contributed by atoms with van der Waals surface area (Å²) in [5.41, 5.74) is 6.60. The fraction of sp³-hybridized carbons (Fsp3) is 0.481. The molecule has 2 atom stereocenters. The molecule has 2 aliphatic carbocycles. The van der Waals surface area contributed by atoms with Gasteiger partial charge in [0.15, 0.2) is 0 Å². The zero-order chi connectivity index (χ0) is 23.8. The highest BCUT2D eigenvalue weighted by atomic mass is 16.2. The molecule has 2 fully saturated rings. The number of carbonyl (C=O) groups excluding carboxylic acids is 2. The molecule has 2 aromatic heterocycles. The van der Waals surface area contributed by atoms with Crippen LogP contribution in [0.5, 0.6) is 0 Å². The van der Waals surface area contributed by atoms with Crippen LogP contribution in [0, 0.1) is 25.7 Å². The van der Waals surface area contributed by atoms with Crippen LogP contribution < -0.4 is 10.6 Å². The molecule has 2 saturated carbocycles. The van der Waals surface area contributed by atoms with E-state index in [2.05, 4.69) is 44.2 Å². The van der Waals surface area contributed by atoms with Crippen molar-refractivity contribution in [3.05, 3.63) is 41.9 Å². The van der Waals surface area contributed by atoms with Gasteiger partial charge in [-0.2, -0.15) is 0 Å². The van der Waals surface area contributed by atoms with Gasteiger partial charge in [0.25, 0.3) is 0 Å². The number of rotatable bonds is 6. The summed E-state index contributed by atoms with van der Waals surface area (Å²) in [5, 5.41) is 6.00. The fourth-order valence-electron chi connectivity index (χ4n) is 5.19. The number of nitrogens with zero attached hydrogens (tertiary/aromatic N) is 3. The highest BCUT2D eigenvalue weighted by Crippen LogP contribution is 2.34. The van der Waals surface area contributed by atoms with Crippen molar-refractivity contribution >= 4 is 28.7 Å². The minimum atomic E-state index is -0.118. The minimum absolute atomic E-state index is 0.0218. The average Bonchev–Trinajstić information content (AvgIpc) is 3.53. The summed E-state index contributed by atoms with van der Waals surface area (Å²) in [6, 6.07) is 6.43. The molecule has 5 rings (SSSR count). The lowest BCUT2D eigenvalue weighted by molar-refractivity contribution is -0.123. The molecule has 2 N–H and O–H groups in total. The molecule has 178 valence electrons. The van der Waals surface area contributed by atoms with Crippen LogP contribution in [-0.4, -0.2) is 32.4 Å². The standard InChI is InChI=1S/C27H33N5O2/c1-16-9-21(11-24-26(16)29-15-32(24)14-19-7-8-19)23-12-25(28-13-17(23)2)31-27(34)20-5-4-6-22(10-20)30-18(3)33/h9,11-13,15,19-20,22H,4-8,10,14H2,1-3H3,(H,30,33)(H,28,31,34)/t20-,22+/m0/s1. The quantitative estimate of drug-likeness (QED) is 0.556. The lowest BCUT2D eigenvalue weighted by Crippen LogP contribution is -2.40. The van der Waals surface area contributed by atoms with Crippen LogP contribution in [0.25, 0.3) is 22.2 Å². The second-order valence-electron chi connectivity index (χ2n) is 10.1. The van der Waals surface area contributed by atoms with Crippen LogP contribution in [0.1, 0.15) is 56.6 Å². The molecule has 0 aliphatic heterocycles. The Morgan fingerprint density at radius 1 is 1.06 bits per heavy atom. The molecule has 0 unspecified atom stereocenters. The van der Waals surface area contributed by atoms with Crippen molar-refractivity contribution in [2.45, 2.75) is 71.9 Å². The van der Waals surface area contributed by atoms with E-state index in [1.165, 1.54) is 19.8 Å². The number of fused-ring (bicyclic) bond motifs is 1. The van der Waals surface area contributed by atoms with E-state index >= 15 is 0 Å². The van der Waals surface area contributed by atoms with E-state index in [-0.39, 0.29) is 23.8 Å². The van der Waals surface area contributed by atoms with E-state index in [0.29, 0.717) is 12.2 Å². The van der Waals surface area contributed by atoms with Crippen LogP contribution in [0.15, 0.2) is 30.7 Å². The number of hydrogen-bond acceptors (Lipinski definition) is 4. The maximum Gasteiger partial charge on any atom is 0.228 e. The molecule has 2 heterocycles. The van der Waals surface area contributed by atoms with E-state index in [1.807, 2.05) is 25.5 Å². The van der Waals surface area contributed by atoms with Gasteiger partial charge in [-0.05, 0) is 92.3 Å². The Kier molecular flexibility index (Phi) is 6.11. The van der Waals surface area contributed by atoms with Crippen LogP contribution in [0.3, 0.4) is 0 Å². The molecule has 34 heavy (non-hydrogen) atoms. The SMILES string of the molecule is CC(=O)N[C@@H]1CCC[C@H](C(=O)Nc2cc(-c3cc(C)c4ncn(CC5CC5)c4c3)c(C)cn2)C1. The number of aromatic nitrogens is 3. The van der Waals surface area contributed by atoms with Crippen LogP contribution in [0.2, 0.25) is 0 Å². The number of carbonyl (C=O) groups is 2. The topological polar surface area (TPSA) is 88.9 Å². The van der Waals surface area contributed by atoms with Crippen molar-refractivity contribution in [3.63, 3.8) is 0 Å². The van der Waals surface area contributed by atoms with Crippen molar-refractivity contribution in [2.24, 2.45) is 11.8 Å². The van der Waals surface area contributed by atoms with Gasteiger partial charge in [-0.3, -0.25) is 9.59 Å². The third-order valence-corrected chi connectivity index (χ3v) is 7.19. The minimum Gasteiger partial charge on any atom is -0.354 e. The molecular weight excluding hydrogens is 426 g/mol. The summed E-state index contributed by atoms with van der Waals surface area (Å²) in [7, 11) is 0. The summed E-state index contributed by atoms with van der Waals surface area (Å²) < 4.78 is 2.28. The molecule has 1 aromatic carbocycles. The number of imidazole rings is 1. The van der Waals surface area contributed by atoms with E-state index < -0.39 is 0 Å². The van der Waals surface area contributed by atoms with Gasteiger partial charge >= 0.3 is 0 Å². The first kappa shape index (κ1) is 22.6. The molecule has 0 saturated heterocycles. The maximum absolute atomic E-state index is 13.0. The number of hydrogen-bond donors (Lipinski definition) is 2. The predicted molar refractivity (Wildman–Crippen MR) is 133 cm³/mol. The zero-order valence-electron chi connectivity index (χ0n) is 20.2. The molecule has 7 heteroatoms. The molecule has 0 radical (unpaired) electrons. The highest BCUT2D eigenvalue weighted by Gasteiger charge is 2.28. The van der Waals surface area contributed by atoms with Crippen molar-refractivity contribution < 1.29 is 9.59 Å². The summed E-state index contributed by atoms with van der Waals surface area (Å²) in [6.45, 7) is 6.71. The Morgan fingerprint density at radius 2 is 1.88 bits per heavy atom. The van der Waals surface area contributed by atoms with Crippen molar-refractivity contribution in [1.82, 2.24) is 19.9 Å². The van der Waals surface area contributed by atoms with E-state index in [9.17, 15) is 9.59 Å². The smallest absolute Gasteiger partial charge is 0.228 e. The lowest BCUT2D eigenvalue weighted by Gasteiger charge is -2.28. The normalized spacial score (nSPS) is 20.3. The third-order valence-electron chi connectivity index (χ3n) is 7.19.